The van der Waals surface area contributed by atoms with Gasteiger partial charge in [-0.15, -0.1) is 0 Å². The van der Waals surface area contributed by atoms with Gasteiger partial charge in [0.1, 0.15) is 5.60 Å². The summed E-state index contributed by atoms with van der Waals surface area (Å²) in [7, 11) is 0. The molecule has 1 aliphatic rings. The Morgan fingerprint density at radius 1 is 0.815 bits per heavy atom. The molecular weight excluding hydrogens is 334 g/mol. The van der Waals surface area contributed by atoms with Crippen molar-refractivity contribution >= 4 is 5.97 Å². The Morgan fingerprint density at radius 2 is 1.26 bits per heavy atom. The molecule has 0 amide bonds. The summed E-state index contributed by atoms with van der Waals surface area (Å²) >= 11 is 0. The van der Waals surface area contributed by atoms with Crippen LogP contribution in [0.5, 0.6) is 0 Å². The van der Waals surface area contributed by atoms with Crippen molar-refractivity contribution in [2.75, 3.05) is 13.1 Å². The van der Waals surface area contributed by atoms with Gasteiger partial charge < -0.3 is 10.1 Å². The van der Waals surface area contributed by atoms with Crippen LogP contribution in [0.1, 0.15) is 124 Å². The van der Waals surface area contributed by atoms with E-state index < -0.39 is 0 Å². The zero-order valence-electron chi connectivity index (χ0n) is 18.7. The zero-order chi connectivity index (χ0) is 19.8. The number of nitrogens with two attached hydrogens (primary N) is 1. The molecule has 0 atom stereocenters. The zero-order valence-corrected chi connectivity index (χ0v) is 18.7. The number of ether oxygens (including phenoxy) is 1. The van der Waals surface area contributed by atoms with E-state index in [1.807, 2.05) is 0 Å². The highest BCUT2D eigenvalue weighted by atomic mass is 16.6. The third-order valence-electron chi connectivity index (χ3n) is 6.28. The van der Waals surface area contributed by atoms with Crippen LogP contribution in [0.2, 0.25) is 0 Å². The van der Waals surface area contributed by atoms with E-state index >= 15 is 0 Å². The summed E-state index contributed by atoms with van der Waals surface area (Å²) < 4.78 is 5.83. The Balaban J connectivity index is 1.90. The Hall–Kier alpha value is -0.570. The SMILES string of the molecule is CCCCCCCCCCCCCCCC(=O)OC(C)(C)C1CC[NH2+]CC1. The smallest absolute Gasteiger partial charge is 0.306 e. The number of piperidine rings is 1. The van der Waals surface area contributed by atoms with E-state index in [9.17, 15) is 4.79 Å². The molecule has 1 saturated heterocycles. The molecule has 0 unspecified atom stereocenters. The van der Waals surface area contributed by atoms with E-state index in [1.165, 1.54) is 103 Å². The normalized spacial score (nSPS) is 15.8. The first-order valence-corrected chi connectivity index (χ1v) is 12.1. The van der Waals surface area contributed by atoms with Gasteiger partial charge in [-0.2, -0.15) is 0 Å². The van der Waals surface area contributed by atoms with Crippen LogP contribution < -0.4 is 5.32 Å². The Morgan fingerprint density at radius 3 is 1.74 bits per heavy atom. The number of hydrogen-bond donors (Lipinski definition) is 1. The summed E-state index contributed by atoms with van der Waals surface area (Å²) in [6, 6.07) is 0. The third kappa shape index (κ3) is 12.5. The van der Waals surface area contributed by atoms with Crippen molar-refractivity contribution in [3.8, 4) is 0 Å². The van der Waals surface area contributed by atoms with Gasteiger partial charge in [0.05, 0.1) is 13.1 Å². The van der Waals surface area contributed by atoms with Crippen molar-refractivity contribution in [1.29, 1.82) is 0 Å². The van der Waals surface area contributed by atoms with Gasteiger partial charge in [0, 0.05) is 25.2 Å². The summed E-state index contributed by atoms with van der Waals surface area (Å²) in [5.41, 5.74) is -0.290. The average Bonchev–Trinajstić information content (AvgIpc) is 2.66. The predicted octanol–water partition coefficient (Wildman–Crippen LogP) is 5.76. The maximum absolute atomic E-state index is 12.2. The molecule has 0 radical (unpaired) electrons. The molecule has 160 valence electrons. The van der Waals surface area contributed by atoms with E-state index in [0.717, 1.165) is 6.42 Å². The monoisotopic (exact) mass is 382 g/mol. The van der Waals surface area contributed by atoms with Gasteiger partial charge >= 0.3 is 5.97 Å². The fourth-order valence-electron chi connectivity index (χ4n) is 4.34. The molecule has 27 heavy (non-hydrogen) atoms. The first kappa shape index (κ1) is 24.5. The number of esters is 1. The van der Waals surface area contributed by atoms with Crippen LogP contribution in [0.15, 0.2) is 0 Å². The standard InChI is InChI=1S/C24H47NO2/c1-4-5-6-7-8-9-10-11-12-13-14-15-16-17-23(26)27-24(2,3)22-18-20-25-21-19-22/h22,25H,4-21H2,1-3H3/p+1. The molecule has 0 aromatic rings. The molecule has 3 heteroatoms. The largest absolute Gasteiger partial charge is 0.459 e. The highest BCUT2D eigenvalue weighted by Gasteiger charge is 2.35. The lowest BCUT2D eigenvalue weighted by Crippen LogP contribution is -2.86. The fourth-order valence-corrected chi connectivity index (χ4v) is 4.34. The van der Waals surface area contributed by atoms with Gasteiger partial charge in [0.15, 0.2) is 0 Å². The Labute approximate surface area is 169 Å². The molecule has 1 aliphatic heterocycles. The molecule has 0 aromatic carbocycles. The van der Waals surface area contributed by atoms with E-state index in [1.54, 1.807) is 0 Å². The second kappa shape index (κ2) is 15.4. The van der Waals surface area contributed by atoms with E-state index in [-0.39, 0.29) is 11.6 Å². The predicted molar refractivity (Wildman–Crippen MR) is 115 cm³/mol. The van der Waals surface area contributed by atoms with Gasteiger partial charge in [-0.1, -0.05) is 84.0 Å². The van der Waals surface area contributed by atoms with Gasteiger partial charge in [0.25, 0.3) is 0 Å². The number of unbranched alkanes of at least 4 members (excludes halogenated alkanes) is 12. The van der Waals surface area contributed by atoms with Crippen LogP contribution in [-0.2, 0) is 9.53 Å². The summed E-state index contributed by atoms with van der Waals surface area (Å²) in [5, 5.41) is 2.36. The number of quaternary nitrogens is 1. The highest BCUT2D eigenvalue weighted by molar-refractivity contribution is 5.69. The van der Waals surface area contributed by atoms with Crippen LogP contribution in [0.4, 0.5) is 0 Å². The van der Waals surface area contributed by atoms with Crippen molar-refractivity contribution < 1.29 is 14.8 Å². The minimum Gasteiger partial charge on any atom is -0.459 e. The van der Waals surface area contributed by atoms with Crippen molar-refractivity contribution in [2.24, 2.45) is 5.92 Å². The molecule has 1 heterocycles. The van der Waals surface area contributed by atoms with Gasteiger partial charge in [-0.3, -0.25) is 4.79 Å². The first-order valence-electron chi connectivity index (χ1n) is 12.1. The summed E-state index contributed by atoms with van der Waals surface area (Å²) in [4.78, 5) is 12.2. The van der Waals surface area contributed by atoms with Gasteiger partial charge in [0.2, 0.25) is 0 Å². The molecule has 1 rings (SSSR count). The van der Waals surface area contributed by atoms with Crippen LogP contribution in [0, 0.1) is 5.92 Å². The number of rotatable bonds is 16. The molecule has 2 N–H and O–H groups in total. The second-order valence-electron chi connectivity index (χ2n) is 9.21. The summed E-state index contributed by atoms with van der Waals surface area (Å²) in [5.74, 6) is 0.538. The van der Waals surface area contributed by atoms with Crippen LogP contribution in [-0.4, -0.2) is 24.7 Å². The van der Waals surface area contributed by atoms with Crippen molar-refractivity contribution in [2.45, 2.75) is 129 Å². The minimum absolute atomic E-state index is 0.0117. The minimum atomic E-state index is -0.290. The third-order valence-corrected chi connectivity index (χ3v) is 6.28. The lowest BCUT2D eigenvalue weighted by Gasteiger charge is -2.35. The Bertz CT molecular complexity index is 361. The lowest BCUT2D eigenvalue weighted by atomic mass is 9.83. The van der Waals surface area contributed by atoms with E-state index in [4.69, 9.17) is 4.74 Å². The molecular formula is C24H48NO2+. The molecule has 1 fully saturated rings. The Kier molecular flexibility index (Phi) is 13.9. The molecule has 0 aliphatic carbocycles. The first-order chi connectivity index (χ1) is 13.1. The maximum atomic E-state index is 12.2. The van der Waals surface area contributed by atoms with Crippen LogP contribution >= 0.6 is 0 Å². The lowest BCUT2D eigenvalue weighted by molar-refractivity contribution is -0.665. The van der Waals surface area contributed by atoms with Crippen LogP contribution in [0.25, 0.3) is 0 Å². The molecule has 0 spiro atoms. The topological polar surface area (TPSA) is 42.9 Å². The number of carbonyl (C=O) groups is 1. The molecule has 0 saturated carbocycles. The number of carbonyl (C=O) groups excluding carboxylic acids is 1. The fraction of sp³-hybridized carbons (Fsp3) is 0.958. The van der Waals surface area contributed by atoms with Crippen molar-refractivity contribution in [3.63, 3.8) is 0 Å². The van der Waals surface area contributed by atoms with Gasteiger partial charge in [-0.05, 0) is 20.3 Å². The maximum Gasteiger partial charge on any atom is 0.306 e. The molecule has 0 aromatic heterocycles. The quantitative estimate of drug-likeness (QED) is 0.272. The molecule has 3 nitrogen and oxygen atoms in total. The highest BCUT2D eigenvalue weighted by Crippen LogP contribution is 2.28. The summed E-state index contributed by atoms with van der Waals surface area (Å²) in [6.45, 7) is 8.82. The van der Waals surface area contributed by atoms with Crippen molar-refractivity contribution in [1.82, 2.24) is 0 Å². The average molecular weight is 383 g/mol. The van der Waals surface area contributed by atoms with Gasteiger partial charge in [-0.25, -0.2) is 0 Å². The summed E-state index contributed by atoms with van der Waals surface area (Å²) in [6.07, 6.45) is 20.3. The van der Waals surface area contributed by atoms with Crippen molar-refractivity contribution in [3.05, 3.63) is 0 Å². The number of hydrogen-bond acceptors (Lipinski definition) is 2. The second-order valence-corrected chi connectivity index (χ2v) is 9.21. The van der Waals surface area contributed by atoms with E-state index in [2.05, 4.69) is 26.1 Å². The van der Waals surface area contributed by atoms with E-state index in [0.29, 0.717) is 12.3 Å². The van der Waals surface area contributed by atoms with Crippen LogP contribution in [0.3, 0.4) is 0 Å². The molecule has 0 bridgehead atoms.